The van der Waals surface area contributed by atoms with Crippen LogP contribution in [-0.2, 0) is 27.9 Å². The summed E-state index contributed by atoms with van der Waals surface area (Å²) in [5, 5.41) is 8.96. The van der Waals surface area contributed by atoms with Crippen LogP contribution >= 0.6 is 0 Å². The Morgan fingerprint density at radius 1 is 0.938 bits per heavy atom. The van der Waals surface area contributed by atoms with E-state index in [0.717, 1.165) is 5.56 Å². The molecular weight excluding hydrogens is 429 g/mol. The smallest absolute Gasteiger partial charge is 0.240 e. The molecular formula is C24H22FN3O3S. The highest BCUT2D eigenvalue weighted by molar-refractivity contribution is 7.89. The number of carbonyl (C=O) groups excluding carboxylic acids is 1. The van der Waals surface area contributed by atoms with Gasteiger partial charge in [-0.3, -0.25) is 4.79 Å². The molecule has 0 aromatic heterocycles. The minimum Gasteiger partial charge on any atom is -0.334 e. The molecule has 0 spiro atoms. The second-order valence-electron chi connectivity index (χ2n) is 7.15. The van der Waals surface area contributed by atoms with Gasteiger partial charge in [0.2, 0.25) is 15.9 Å². The second kappa shape index (κ2) is 10.7. The average Bonchev–Trinajstić information content (AvgIpc) is 2.79. The molecule has 1 N–H and O–H groups in total. The molecule has 164 valence electrons. The third-order valence-corrected chi connectivity index (χ3v) is 6.23. The summed E-state index contributed by atoms with van der Waals surface area (Å²) in [4.78, 5) is 14.6. The fourth-order valence-corrected chi connectivity index (χ4v) is 4.18. The maximum Gasteiger partial charge on any atom is 0.240 e. The normalized spacial score (nSPS) is 11.0. The topological polar surface area (TPSA) is 90.3 Å². The van der Waals surface area contributed by atoms with E-state index in [1.165, 1.54) is 29.2 Å². The van der Waals surface area contributed by atoms with E-state index in [1.54, 1.807) is 54.6 Å². The lowest BCUT2D eigenvalue weighted by Crippen LogP contribution is -2.34. The molecule has 0 bridgehead atoms. The summed E-state index contributed by atoms with van der Waals surface area (Å²) in [7, 11) is -3.71. The molecule has 0 heterocycles. The number of sulfonamides is 1. The van der Waals surface area contributed by atoms with Crippen LogP contribution in [0.25, 0.3) is 0 Å². The fourth-order valence-electron chi connectivity index (χ4n) is 3.13. The van der Waals surface area contributed by atoms with Crippen molar-refractivity contribution in [2.75, 3.05) is 6.54 Å². The van der Waals surface area contributed by atoms with E-state index in [2.05, 4.69) is 4.72 Å². The van der Waals surface area contributed by atoms with Gasteiger partial charge in [0.05, 0.1) is 16.5 Å². The van der Waals surface area contributed by atoms with Crippen LogP contribution in [0.3, 0.4) is 0 Å². The number of amides is 1. The number of halogens is 1. The van der Waals surface area contributed by atoms with Gasteiger partial charge in [-0.15, -0.1) is 0 Å². The number of carbonyl (C=O) groups is 1. The number of rotatable bonds is 9. The highest BCUT2D eigenvalue weighted by Gasteiger charge is 2.18. The van der Waals surface area contributed by atoms with E-state index < -0.39 is 15.8 Å². The van der Waals surface area contributed by atoms with Gasteiger partial charge in [0.15, 0.2) is 0 Å². The van der Waals surface area contributed by atoms with Crippen molar-refractivity contribution in [1.82, 2.24) is 9.62 Å². The van der Waals surface area contributed by atoms with Crippen molar-refractivity contribution < 1.29 is 17.6 Å². The Kier molecular flexibility index (Phi) is 7.71. The number of hydrogen-bond donors (Lipinski definition) is 1. The lowest BCUT2D eigenvalue weighted by atomic mass is 10.1. The first-order chi connectivity index (χ1) is 15.4. The van der Waals surface area contributed by atoms with Gasteiger partial charge in [-0.2, -0.15) is 5.26 Å². The van der Waals surface area contributed by atoms with Gasteiger partial charge in [-0.25, -0.2) is 17.5 Å². The zero-order valence-electron chi connectivity index (χ0n) is 17.2. The van der Waals surface area contributed by atoms with Crippen molar-refractivity contribution in [3.8, 4) is 6.07 Å². The van der Waals surface area contributed by atoms with Gasteiger partial charge >= 0.3 is 0 Å². The molecule has 3 rings (SSSR count). The van der Waals surface area contributed by atoms with E-state index in [0.29, 0.717) is 11.1 Å². The van der Waals surface area contributed by atoms with Crippen LogP contribution in [0.5, 0.6) is 0 Å². The molecule has 0 aliphatic rings. The minimum absolute atomic E-state index is 0.0579. The lowest BCUT2D eigenvalue weighted by Gasteiger charge is -2.23. The zero-order chi connectivity index (χ0) is 23.0. The molecule has 0 radical (unpaired) electrons. The molecule has 3 aromatic rings. The van der Waals surface area contributed by atoms with Crippen LogP contribution in [-0.4, -0.2) is 25.8 Å². The second-order valence-corrected chi connectivity index (χ2v) is 8.92. The summed E-state index contributed by atoms with van der Waals surface area (Å²) in [6, 6.07) is 22.8. The van der Waals surface area contributed by atoms with E-state index in [-0.39, 0.29) is 36.9 Å². The first-order valence-electron chi connectivity index (χ1n) is 9.93. The Morgan fingerprint density at radius 3 is 2.28 bits per heavy atom. The lowest BCUT2D eigenvalue weighted by molar-refractivity contribution is -0.132. The quantitative estimate of drug-likeness (QED) is 0.538. The Labute approximate surface area is 187 Å². The predicted molar refractivity (Wildman–Crippen MR) is 118 cm³/mol. The van der Waals surface area contributed by atoms with Crippen LogP contribution in [0, 0.1) is 17.1 Å². The van der Waals surface area contributed by atoms with Crippen LogP contribution < -0.4 is 4.72 Å². The number of nitrogens with zero attached hydrogens (tertiary/aromatic N) is 2. The fraction of sp³-hybridized carbons (Fsp3) is 0.167. The number of hydrogen-bond acceptors (Lipinski definition) is 4. The van der Waals surface area contributed by atoms with Crippen LogP contribution in [0.2, 0.25) is 0 Å². The average molecular weight is 452 g/mol. The van der Waals surface area contributed by atoms with Crippen molar-refractivity contribution in [2.24, 2.45) is 0 Å². The largest absolute Gasteiger partial charge is 0.334 e. The maximum absolute atomic E-state index is 13.6. The number of benzene rings is 3. The van der Waals surface area contributed by atoms with Gasteiger partial charge in [0.25, 0.3) is 0 Å². The molecule has 1 amide bonds. The monoisotopic (exact) mass is 451 g/mol. The highest BCUT2D eigenvalue weighted by Crippen LogP contribution is 2.14. The highest BCUT2D eigenvalue weighted by atomic mass is 32.2. The van der Waals surface area contributed by atoms with Crippen LogP contribution in [0.15, 0.2) is 83.8 Å². The van der Waals surface area contributed by atoms with E-state index in [1.807, 2.05) is 6.07 Å². The molecule has 0 saturated carbocycles. The molecule has 0 unspecified atom stereocenters. The van der Waals surface area contributed by atoms with E-state index in [4.69, 9.17) is 5.26 Å². The Bertz CT molecular complexity index is 1210. The van der Waals surface area contributed by atoms with Gasteiger partial charge in [0, 0.05) is 26.1 Å². The predicted octanol–water partition coefficient (Wildman–Crippen LogP) is 3.59. The van der Waals surface area contributed by atoms with Gasteiger partial charge < -0.3 is 4.90 Å². The standard InChI is InChI=1S/C24H22FN3O3S/c25-22-6-4-5-21(15-22)18-28(17-20-11-9-19(16-26)10-12-20)24(29)13-14-27-32(30,31)23-7-2-1-3-8-23/h1-12,15,27H,13-14,17-18H2. The summed E-state index contributed by atoms with van der Waals surface area (Å²) in [5.74, 6) is -0.682. The van der Waals surface area contributed by atoms with Crippen molar-refractivity contribution in [3.05, 3.63) is 101 Å². The summed E-state index contributed by atoms with van der Waals surface area (Å²) < 4.78 is 40.8. The van der Waals surface area contributed by atoms with E-state index in [9.17, 15) is 17.6 Å². The Hall–Kier alpha value is -3.54. The van der Waals surface area contributed by atoms with E-state index >= 15 is 0 Å². The third-order valence-electron chi connectivity index (χ3n) is 4.76. The summed E-state index contributed by atoms with van der Waals surface area (Å²) in [6.45, 7) is 0.345. The van der Waals surface area contributed by atoms with Crippen LogP contribution in [0.4, 0.5) is 4.39 Å². The zero-order valence-corrected chi connectivity index (χ0v) is 18.1. The third kappa shape index (κ3) is 6.48. The van der Waals surface area contributed by atoms with Crippen LogP contribution in [0.1, 0.15) is 23.1 Å². The molecule has 0 fully saturated rings. The molecule has 0 aliphatic heterocycles. The number of nitrogens with one attached hydrogen (secondary N) is 1. The van der Waals surface area contributed by atoms with Crippen molar-refractivity contribution in [1.29, 1.82) is 5.26 Å². The van der Waals surface area contributed by atoms with Gasteiger partial charge in [-0.1, -0.05) is 42.5 Å². The number of nitriles is 1. The van der Waals surface area contributed by atoms with Gasteiger partial charge in [0.1, 0.15) is 5.82 Å². The molecule has 3 aromatic carbocycles. The first kappa shape index (κ1) is 23.1. The molecule has 8 heteroatoms. The summed E-state index contributed by atoms with van der Waals surface area (Å²) >= 11 is 0. The maximum atomic E-state index is 13.6. The van der Waals surface area contributed by atoms with Gasteiger partial charge in [-0.05, 0) is 47.5 Å². The first-order valence-corrected chi connectivity index (χ1v) is 11.4. The van der Waals surface area contributed by atoms with Crippen molar-refractivity contribution >= 4 is 15.9 Å². The summed E-state index contributed by atoms with van der Waals surface area (Å²) in [6.07, 6.45) is -0.0579. The van der Waals surface area contributed by atoms with Crippen molar-refractivity contribution in [2.45, 2.75) is 24.4 Å². The summed E-state index contributed by atoms with van der Waals surface area (Å²) in [5.41, 5.74) is 1.93. The molecule has 0 aliphatic carbocycles. The molecule has 0 saturated heterocycles. The Morgan fingerprint density at radius 2 is 1.62 bits per heavy atom. The SMILES string of the molecule is N#Cc1ccc(CN(Cc2cccc(F)c2)C(=O)CCNS(=O)(=O)c2ccccc2)cc1. The van der Waals surface area contributed by atoms with Crippen molar-refractivity contribution in [3.63, 3.8) is 0 Å². The minimum atomic E-state index is -3.71. The molecule has 32 heavy (non-hydrogen) atoms. The molecule has 6 nitrogen and oxygen atoms in total. The Balaban J connectivity index is 1.69. The molecule has 0 atom stereocenters.